The zero-order valence-electron chi connectivity index (χ0n) is 5.98. The highest BCUT2D eigenvalue weighted by atomic mass is 16.4. The average molecular weight is 176 g/mol. The van der Waals surface area contributed by atoms with Crippen LogP contribution in [0, 0.1) is 0 Å². The number of nitrogens with one attached hydrogen (secondary N) is 1. The molecule has 0 bridgehead atoms. The number of carboxylic acids is 2. The summed E-state index contributed by atoms with van der Waals surface area (Å²) in [6, 6.07) is -1.65. The van der Waals surface area contributed by atoms with Crippen LogP contribution in [0.4, 0.5) is 0 Å². The van der Waals surface area contributed by atoms with E-state index in [2.05, 4.69) is 5.73 Å². The fourth-order valence-electron chi connectivity index (χ4n) is 0.499. The second kappa shape index (κ2) is 4.29. The zero-order valence-corrected chi connectivity index (χ0v) is 5.98. The van der Waals surface area contributed by atoms with Crippen molar-refractivity contribution < 1.29 is 24.6 Å². The molecule has 0 aromatic heterocycles. The van der Waals surface area contributed by atoms with Crippen LogP contribution < -0.4 is 11.1 Å². The molecule has 0 radical (unpaired) electrons. The quantitative estimate of drug-likeness (QED) is 0.345. The molecule has 0 aromatic rings. The molecule has 7 heteroatoms. The number of primary amides is 1. The Morgan fingerprint density at radius 3 is 2.08 bits per heavy atom. The number of amides is 1. The van der Waals surface area contributed by atoms with Crippen molar-refractivity contribution in [1.82, 2.24) is 5.32 Å². The predicted octanol–water partition coefficient (Wildman–Crippen LogP) is -2.40. The summed E-state index contributed by atoms with van der Waals surface area (Å²) < 4.78 is 0. The number of carbonyl (C=O) groups is 3. The molecule has 0 saturated heterocycles. The van der Waals surface area contributed by atoms with Gasteiger partial charge in [0.2, 0.25) is 5.91 Å². The predicted molar refractivity (Wildman–Crippen MR) is 36.3 cm³/mol. The van der Waals surface area contributed by atoms with E-state index in [9.17, 15) is 14.4 Å². The molecule has 1 atom stereocenters. The standard InChI is InChI=1S/C5H8N2O5/c6-4(10)3(5(11)12)7-1-2(8)9/h3,7H,1H2,(H2,6,10)(H,8,9)(H,11,12). The lowest BCUT2D eigenvalue weighted by atomic mass is 10.3. The van der Waals surface area contributed by atoms with Crippen molar-refractivity contribution in [3.8, 4) is 0 Å². The van der Waals surface area contributed by atoms with Gasteiger partial charge in [0.15, 0.2) is 6.04 Å². The van der Waals surface area contributed by atoms with Gasteiger partial charge in [-0.05, 0) is 0 Å². The number of carboxylic acid groups (broad SMARTS) is 2. The minimum atomic E-state index is -1.65. The summed E-state index contributed by atoms with van der Waals surface area (Å²) >= 11 is 0. The molecule has 0 aromatic carbocycles. The Hall–Kier alpha value is -1.63. The Kier molecular flexibility index (Phi) is 3.71. The maximum atomic E-state index is 10.3. The van der Waals surface area contributed by atoms with Gasteiger partial charge < -0.3 is 15.9 Å². The smallest absolute Gasteiger partial charge is 0.330 e. The molecular formula is C5H8N2O5. The Morgan fingerprint density at radius 2 is 1.83 bits per heavy atom. The molecule has 0 saturated carbocycles. The van der Waals surface area contributed by atoms with Crippen molar-refractivity contribution >= 4 is 17.8 Å². The topological polar surface area (TPSA) is 130 Å². The van der Waals surface area contributed by atoms with Crippen LogP contribution in [0.25, 0.3) is 0 Å². The summed E-state index contributed by atoms with van der Waals surface area (Å²) in [6.45, 7) is -0.625. The first-order chi connectivity index (χ1) is 5.45. The van der Waals surface area contributed by atoms with Gasteiger partial charge in [0, 0.05) is 0 Å². The molecule has 0 aliphatic heterocycles. The van der Waals surface area contributed by atoms with Crippen molar-refractivity contribution in [2.75, 3.05) is 6.54 Å². The van der Waals surface area contributed by atoms with Crippen molar-refractivity contribution in [2.24, 2.45) is 5.73 Å². The molecule has 1 unspecified atom stereocenters. The molecule has 0 fully saturated rings. The highest BCUT2D eigenvalue weighted by Crippen LogP contribution is 1.81. The lowest BCUT2D eigenvalue weighted by Gasteiger charge is -2.07. The third-order valence-corrected chi connectivity index (χ3v) is 0.989. The van der Waals surface area contributed by atoms with E-state index in [1.54, 1.807) is 0 Å². The van der Waals surface area contributed by atoms with Gasteiger partial charge in [-0.1, -0.05) is 0 Å². The molecule has 12 heavy (non-hydrogen) atoms. The monoisotopic (exact) mass is 176 g/mol. The molecule has 0 heterocycles. The molecule has 1 amide bonds. The van der Waals surface area contributed by atoms with Crippen LogP contribution in [0.5, 0.6) is 0 Å². The van der Waals surface area contributed by atoms with Gasteiger partial charge in [-0.15, -0.1) is 0 Å². The molecule has 0 rings (SSSR count). The average Bonchev–Trinajstić information content (AvgIpc) is 1.84. The van der Waals surface area contributed by atoms with Crippen molar-refractivity contribution in [3.63, 3.8) is 0 Å². The summed E-state index contributed by atoms with van der Waals surface area (Å²) in [7, 11) is 0. The molecule has 0 aliphatic rings. The summed E-state index contributed by atoms with van der Waals surface area (Å²) in [5.74, 6) is -3.88. The van der Waals surface area contributed by atoms with Crippen molar-refractivity contribution in [2.45, 2.75) is 6.04 Å². The van der Waals surface area contributed by atoms with Gasteiger partial charge in [-0.3, -0.25) is 14.9 Å². The Labute approximate surface area is 67.2 Å². The minimum absolute atomic E-state index is 0.625. The first kappa shape index (κ1) is 10.4. The highest BCUT2D eigenvalue weighted by molar-refractivity contribution is 6.00. The molecule has 5 N–H and O–H groups in total. The Balaban J connectivity index is 4.06. The number of hydrogen-bond acceptors (Lipinski definition) is 4. The van der Waals surface area contributed by atoms with E-state index in [-0.39, 0.29) is 0 Å². The number of rotatable bonds is 5. The van der Waals surface area contributed by atoms with Crippen LogP contribution in [0.15, 0.2) is 0 Å². The second-order valence-corrected chi connectivity index (χ2v) is 1.95. The maximum absolute atomic E-state index is 10.3. The number of carbonyl (C=O) groups excluding carboxylic acids is 1. The van der Waals surface area contributed by atoms with Gasteiger partial charge in [0.05, 0.1) is 6.54 Å². The van der Waals surface area contributed by atoms with E-state index < -0.39 is 30.4 Å². The van der Waals surface area contributed by atoms with Gasteiger partial charge in [-0.2, -0.15) is 0 Å². The Morgan fingerprint density at radius 1 is 1.33 bits per heavy atom. The lowest BCUT2D eigenvalue weighted by Crippen LogP contribution is -2.48. The van der Waals surface area contributed by atoms with Crippen LogP contribution >= 0.6 is 0 Å². The SMILES string of the molecule is NC(=O)C(NCC(=O)O)C(=O)O. The Bertz CT molecular complexity index is 200. The van der Waals surface area contributed by atoms with Crippen molar-refractivity contribution in [1.29, 1.82) is 0 Å². The highest BCUT2D eigenvalue weighted by Gasteiger charge is 2.23. The van der Waals surface area contributed by atoms with Crippen LogP contribution in [0.2, 0.25) is 0 Å². The van der Waals surface area contributed by atoms with E-state index in [1.807, 2.05) is 5.32 Å². The van der Waals surface area contributed by atoms with E-state index in [0.717, 1.165) is 0 Å². The molecular weight excluding hydrogens is 168 g/mol. The summed E-state index contributed by atoms with van der Waals surface area (Å²) in [6.07, 6.45) is 0. The molecule has 0 spiro atoms. The van der Waals surface area contributed by atoms with E-state index in [0.29, 0.717) is 0 Å². The zero-order chi connectivity index (χ0) is 9.72. The van der Waals surface area contributed by atoms with Gasteiger partial charge in [0.1, 0.15) is 0 Å². The number of hydrogen-bond donors (Lipinski definition) is 4. The van der Waals surface area contributed by atoms with Crippen LogP contribution in [0.1, 0.15) is 0 Å². The first-order valence-corrected chi connectivity index (χ1v) is 2.92. The van der Waals surface area contributed by atoms with E-state index in [4.69, 9.17) is 10.2 Å². The van der Waals surface area contributed by atoms with E-state index in [1.165, 1.54) is 0 Å². The summed E-state index contributed by atoms with van der Waals surface area (Å²) in [4.78, 5) is 30.5. The van der Waals surface area contributed by atoms with Crippen molar-refractivity contribution in [3.05, 3.63) is 0 Å². The van der Waals surface area contributed by atoms with Crippen LogP contribution in [-0.2, 0) is 14.4 Å². The van der Waals surface area contributed by atoms with Gasteiger partial charge in [0.25, 0.3) is 0 Å². The third-order valence-electron chi connectivity index (χ3n) is 0.989. The minimum Gasteiger partial charge on any atom is -0.480 e. The molecule has 68 valence electrons. The fourth-order valence-corrected chi connectivity index (χ4v) is 0.499. The maximum Gasteiger partial charge on any atom is 0.330 e. The van der Waals surface area contributed by atoms with Gasteiger partial charge >= 0.3 is 11.9 Å². The van der Waals surface area contributed by atoms with E-state index >= 15 is 0 Å². The normalized spacial score (nSPS) is 12.0. The largest absolute Gasteiger partial charge is 0.480 e. The molecule has 0 aliphatic carbocycles. The number of nitrogens with two attached hydrogens (primary N) is 1. The van der Waals surface area contributed by atoms with Crippen LogP contribution in [0.3, 0.4) is 0 Å². The van der Waals surface area contributed by atoms with Crippen LogP contribution in [-0.4, -0.2) is 40.6 Å². The third kappa shape index (κ3) is 3.52. The number of aliphatic carboxylic acids is 2. The first-order valence-electron chi connectivity index (χ1n) is 2.92. The van der Waals surface area contributed by atoms with Gasteiger partial charge in [-0.25, -0.2) is 4.79 Å². The summed E-state index contributed by atoms with van der Waals surface area (Å²) in [5, 5.41) is 18.4. The lowest BCUT2D eigenvalue weighted by molar-refractivity contribution is -0.143. The molecule has 7 nitrogen and oxygen atoms in total. The second-order valence-electron chi connectivity index (χ2n) is 1.95. The summed E-state index contributed by atoms with van der Waals surface area (Å²) in [5.41, 5.74) is 4.65. The fraction of sp³-hybridized carbons (Fsp3) is 0.400.